The van der Waals surface area contributed by atoms with Gasteiger partial charge < -0.3 is 20.3 Å². The predicted octanol–water partition coefficient (Wildman–Crippen LogP) is 23.3. The summed E-state index contributed by atoms with van der Waals surface area (Å²) < 4.78 is 5.49. The van der Waals surface area contributed by atoms with Gasteiger partial charge >= 0.3 is 5.97 Å². The van der Waals surface area contributed by atoms with Crippen LogP contribution in [-0.2, 0) is 14.3 Å². The van der Waals surface area contributed by atoms with E-state index in [2.05, 4.69) is 43.5 Å². The summed E-state index contributed by atoms with van der Waals surface area (Å²) in [5.41, 5.74) is 0. The maximum atomic E-state index is 12.5. The number of ether oxygens (including phenoxy) is 1. The van der Waals surface area contributed by atoms with Gasteiger partial charge in [-0.1, -0.05) is 340 Å². The van der Waals surface area contributed by atoms with Crippen molar-refractivity contribution in [2.75, 3.05) is 13.2 Å². The van der Waals surface area contributed by atoms with Crippen molar-refractivity contribution >= 4 is 11.9 Å². The zero-order valence-corrected chi connectivity index (χ0v) is 53.6. The van der Waals surface area contributed by atoms with Gasteiger partial charge in [-0.3, -0.25) is 9.59 Å². The van der Waals surface area contributed by atoms with E-state index in [0.717, 1.165) is 44.9 Å². The Morgan fingerprint density at radius 3 is 0.899 bits per heavy atom. The van der Waals surface area contributed by atoms with Crippen LogP contribution in [0, 0.1) is 0 Å². The first-order chi connectivity index (χ1) is 39.0. The van der Waals surface area contributed by atoms with Gasteiger partial charge in [0.15, 0.2) is 0 Å². The Kier molecular flexibility index (Phi) is 67.4. The quantitative estimate of drug-likeness (QED) is 0.0320. The fraction of sp³-hybridized carbons (Fsp3) is 0.918. The number of hydrogen-bond donors (Lipinski definition) is 3. The fourth-order valence-electron chi connectivity index (χ4n) is 11.5. The zero-order chi connectivity index (χ0) is 57.1. The van der Waals surface area contributed by atoms with E-state index in [-0.39, 0.29) is 18.5 Å². The Morgan fingerprint density at radius 2 is 0.595 bits per heavy atom. The number of aliphatic hydroxyl groups is 2. The van der Waals surface area contributed by atoms with Gasteiger partial charge in [0.05, 0.1) is 25.4 Å². The van der Waals surface area contributed by atoms with E-state index >= 15 is 0 Å². The molecule has 0 aliphatic rings. The smallest absolute Gasteiger partial charge is 0.305 e. The van der Waals surface area contributed by atoms with Crippen LogP contribution in [0.15, 0.2) is 24.3 Å². The molecule has 0 rings (SSSR count). The van der Waals surface area contributed by atoms with Gasteiger partial charge in [-0.15, -0.1) is 0 Å². The molecule has 2 unspecified atom stereocenters. The van der Waals surface area contributed by atoms with Crippen molar-refractivity contribution < 1.29 is 24.5 Å². The average molecular weight is 1110 g/mol. The summed E-state index contributed by atoms with van der Waals surface area (Å²) in [6, 6.07) is -0.540. The molecule has 0 aromatic heterocycles. The van der Waals surface area contributed by atoms with Gasteiger partial charge in [-0.25, -0.2) is 0 Å². The molecule has 0 saturated heterocycles. The molecule has 0 saturated carbocycles. The van der Waals surface area contributed by atoms with E-state index in [1.54, 1.807) is 0 Å². The first kappa shape index (κ1) is 77.3. The predicted molar refractivity (Wildman–Crippen MR) is 347 cm³/mol. The lowest BCUT2D eigenvalue weighted by Crippen LogP contribution is -2.45. The van der Waals surface area contributed by atoms with E-state index in [4.69, 9.17) is 4.74 Å². The molecular weight excluding hydrogens is 971 g/mol. The largest absolute Gasteiger partial charge is 0.466 e. The molecule has 0 aliphatic carbocycles. The number of nitrogens with one attached hydrogen (secondary N) is 1. The van der Waals surface area contributed by atoms with E-state index in [1.807, 2.05) is 0 Å². The van der Waals surface area contributed by atoms with Crippen LogP contribution in [0.3, 0.4) is 0 Å². The van der Waals surface area contributed by atoms with Crippen LogP contribution in [0.1, 0.15) is 406 Å². The molecule has 468 valence electrons. The second kappa shape index (κ2) is 68.8. The van der Waals surface area contributed by atoms with Crippen LogP contribution in [0.4, 0.5) is 0 Å². The summed E-state index contributed by atoms with van der Waals surface area (Å²) in [7, 11) is 0. The molecule has 0 heterocycles. The number of rotatable bonds is 68. The molecule has 79 heavy (non-hydrogen) atoms. The Labute approximate surface area is 494 Å². The summed E-state index contributed by atoms with van der Waals surface area (Å²) in [4.78, 5) is 24.6. The first-order valence-corrected chi connectivity index (χ1v) is 36.1. The van der Waals surface area contributed by atoms with E-state index in [0.29, 0.717) is 25.9 Å². The number of esters is 1. The highest BCUT2D eigenvalue weighted by Crippen LogP contribution is 2.19. The minimum Gasteiger partial charge on any atom is -0.466 e. The molecule has 6 nitrogen and oxygen atoms in total. The van der Waals surface area contributed by atoms with E-state index < -0.39 is 12.1 Å². The van der Waals surface area contributed by atoms with Crippen molar-refractivity contribution in [3.8, 4) is 0 Å². The van der Waals surface area contributed by atoms with E-state index in [1.165, 1.54) is 327 Å². The second-order valence-corrected chi connectivity index (χ2v) is 24.9. The molecular formula is C73H141NO5. The summed E-state index contributed by atoms with van der Waals surface area (Å²) in [6.07, 6.45) is 86.6. The fourth-order valence-corrected chi connectivity index (χ4v) is 11.5. The van der Waals surface area contributed by atoms with Crippen molar-refractivity contribution in [1.82, 2.24) is 5.32 Å². The third-order valence-corrected chi connectivity index (χ3v) is 17.0. The van der Waals surface area contributed by atoms with Crippen LogP contribution >= 0.6 is 0 Å². The molecule has 0 aliphatic heterocycles. The molecule has 0 bridgehead atoms. The van der Waals surface area contributed by atoms with Crippen LogP contribution < -0.4 is 5.32 Å². The third kappa shape index (κ3) is 65.4. The maximum absolute atomic E-state index is 12.5. The summed E-state index contributed by atoms with van der Waals surface area (Å²) >= 11 is 0. The number of carbonyl (C=O) groups is 2. The molecule has 0 fully saturated rings. The van der Waals surface area contributed by atoms with Crippen molar-refractivity contribution in [2.45, 2.75) is 418 Å². The highest BCUT2D eigenvalue weighted by atomic mass is 16.5. The summed E-state index contributed by atoms with van der Waals surface area (Å²) in [5.74, 6) is -0.0191. The molecule has 0 spiro atoms. The Morgan fingerprint density at radius 1 is 0.342 bits per heavy atom. The molecule has 0 aromatic rings. The maximum Gasteiger partial charge on any atom is 0.305 e. The standard InChI is InChI=1S/C73H141NO5/c1-3-5-7-9-11-13-15-17-19-38-41-45-49-53-57-61-65-71(76)70(69-75)74-72(77)66-62-58-54-50-46-42-39-35-33-31-29-27-25-23-21-20-22-24-26-28-30-32-34-36-40-44-48-52-56-60-64-68-79-73(78)67-63-59-55-51-47-43-37-18-16-14-12-10-8-6-4-2/h18,22,24,37,70-71,75-76H,3-17,19-21,23,25-36,38-69H2,1-2H3,(H,74,77)/b24-22-,37-18-. The zero-order valence-electron chi connectivity index (χ0n) is 53.6. The number of unbranched alkanes of at least 4 members (excludes halogenated alkanes) is 53. The van der Waals surface area contributed by atoms with Crippen LogP contribution in [-0.4, -0.2) is 47.4 Å². The van der Waals surface area contributed by atoms with Gasteiger partial charge in [-0.05, 0) is 77.0 Å². The van der Waals surface area contributed by atoms with Gasteiger partial charge in [0.2, 0.25) is 5.91 Å². The lowest BCUT2D eigenvalue weighted by Gasteiger charge is -2.22. The van der Waals surface area contributed by atoms with Crippen LogP contribution in [0.5, 0.6) is 0 Å². The Hall–Kier alpha value is -1.66. The lowest BCUT2D eigenvalue weighted by atomic mass is 10.0. The average Bonchev–Trinajstić information content (AvgIpc) is 3.45. The lowest BCUT2D eigenvalue weighted by molar-refractivity contribution is -0.143. The molecule has 1 amide bonds. The Balaban J connectivity index is 3.35. The number of amides is 1. The van der Waals surface area contributed by atoms with Gasteiger partial charge in [0.25, 0.3) is 0 Å². The molecule has 0 radical (unpaired) electrons. The molecule has 3 N–H and O–H groups in total. The highest BCUT2D eigenvalue weighted by Gasteiger charge is 2.20. The molecule has 0 aromatic carbocycles. The van der Waals surface area contributed by atoms with Gasteiger partial charge in [-0.2, -0.15) is 0 Å². The van der Waals surface area contributed by atoms with Crippen molar-refractivity contribution in [3.05, 3.63) is 24.3 Å². The van der Waals surface area contributed by atoms with Crippen LogP contribution in [0.25, 0.3) is 0 Å². The number of hydrogen-bond acceptors (Lipinski definition) is 5. The van der Waals surface area contributed by atoms with Crippen molar-refractivity contribution in [3.63, 3.8) is 0 Å². The van der Waals surface area contributed by atoms with Crippen molar-refractivity contribution in [2.24, 2.45) is 0 Å². The number of allylic oxidation sites excluding steroid dienone is 4. The van der Waals surface area contributed by atoms with Crippen molar-refractivity contribution in [1.29, 1.82) is 0 Å². The summed E-state index contributed by atoms with van der Waals surface area (Å²) in [5, 5.41) is 23.4. The monoisotopic (exact) mass is 1110 g/mol. The van der Waals surface area contributed by atoms with E-state index in [9.17, 15) is 19.8 Å². The topological polar surface area (TPSA) is 95.9 Å². The van der Waals surface area contributed by atoms with Crippen LogP contribution in [0.2, 0.25) is 0 Å². The second-order valence-electron chi connectivity index (χ2n) is 24.9. The minimum atomic E-state index is -0.663. The third-order valence-electron chi connectivity index (χ3n) is 17.0. The number of aliphatic hydroxyl groups excluding tert-OH is 2. The van der Waals surface area contributed by atoms with Gasteiger partial charge in [0, 0.05) is 12.8 Å². The first-order valence-electron chi connectivity index (χ1n) is 36.1. The normalized spacial score (nSPS) is 12.6. The Bertz CT molecular complexity index is 1230. The SMILES string of the molecule is CCCCCCCC/C=C\CCCCCCCC(=O)OCCCCCCCCCCCCCC/C=C\CCCCCCCCCCCCCCCCCC(=O)NC(CO)C(O)CCCCCCCCCCCCCCCCCC. The molecule has 6 heteroatoms. The highest BCUT2D eigenvalue weighted by molar-refractivity contribution is 5.76. The molecule has 2 atom stereocenters. The minimum absolute atomic E-state index is 0.0104. The number of carbonyl (C=O) groups excluding carboxylic acids is 2. The summed E-state index contributed by atoms with van der Waals surface area (Å²) in [6.45, 7) is 4.98. The van der Waals surface area contributed by atoms with Gasteiger partial charge in [0.1, 0.15) is 0 Å².